The summed E-state index contributed by atoms with van der Waals surface area (Å²) in [6, 6.07) is 20.8. The van der Waals surface area contributed by atoms with Gasteiger partial charge in [0, 0.05) is 6.07 Å². The molecular weight excluding hydrogens is 536 g/mol. The van der Waals surface area contributed by atoms with Crippen molar-refractivity contribution in [3.63, 3.8) is 0 Å². The molecule has 0 aliphatic rings. The molecular formula is C28H32N4O7S. The number of anilines is 1. The molecule has 0 fully saturated rings. The van der Waals surface area contributed by atoms with Crippen LogP contribution in [-0.2, 0) is 19.6 Å². The second kappa shape index (κ2) is 14.0. The zero-order chi connectivity index (χ0) is 29.1. The lowest BCUT2D eigenvalue weighted by Gasteiger charge is -2.23. The molecule has 0 heterocycles. The molecule has 0 aliphatic carbocycles. The molecule has 212 valence electrons. The highest BCUT2D eigenvalue weighted by atomic mass is 32.2. The zero-order valence-corrected chi connectivity index (χ0v) is 23.5. The molecule has 0 saturated heterocycles. The number of nitrogens with one attached hydrogen (secondary N) is 2. The molecule has 40 heavy (non-hydrogen) atoms. The monoisotopic (exact) mass is 568 g/mol. The number of hydrogen-bond acceptors (Lipinski definition) is 8. The van der Waals surface area contributed by atoms with Gasteiger partial charge in [-0.05, 0) is 54.4 Å². The average molecular weight is 569 g/mol. The summed E-state index contributed by atoms with van der Waals surface area (Å²) in [6.07, 6.45) is 2.39. The fourth-order valence-corrected chi connectivity index (χ4v) is 4.48. The highest BCUT2D eigenvalue weighted by Gasteiger charge is 2.24. The molecule has 0 bridgehead atoms. The van der Waals surface area contributed by atoms with Gasteiger partial charge >= 0.3 is 0 Å². The lowest BCUT2D eigenvalue weighted by molar-refractivity contribution is -0.123. The van der Waals surface area contributed by atoms with E-state index in [-0.39, 0.29) is 30.0 Å². The number of ether oxygens (including phenoxy) is 3. The third-order valence-corrected chi connectivity index (χ3v) is 6.80. The van der Waals surface area contributed by atoms with Crippen molar-refractivity contribution in [2.75, 3.05) is 37.9 Å². The van der Waals surface area contributed by atoms with Gasteiger partial charge in [-0.1, -0.05) is 30.3 Å². The van der Waals surface area contributed by atoms with E-state index >= 15 is 0 Å². The van der Waals surface area contributed by atoms with Crippen LogP contribution in [0.1, 0.15) is 24.1 Å². The van der Waals surface area contributed by atoms with Gasteiger partial charge in [-0.3, -0.25) is 13.9 Å². The van der Waals surface area contributed by atoms with Crippen LogP contribution in [0.25, 0.3) is 0 Å². The summed E-state index contributed by atoms with van der Waals surface area (Å²) >= 11 is 0. The number of nitrogens with zero attached hydrogens (tertiary/aromatic N) is 2. The fraction of sp³-hybridized carbons (Fsp3) is 0.250. The van der Waals surface area contributed by atoms with Crippen molar-refractivity contribution in [2.45, 2.75) is 13.0 Å². The van der Waals surface area contributed by atoms with Crippen molar-refractivity contribution in [2.24, 2.45) is 5.10 Å². The van der Waals surface area contributed by atoms with Gasteiger partial charge in [0.1, 0.15) is 23.8 Å². The van der Waals surface area contributed by atoms with Crippen LogP contribution in [0.15, 0.2) is 77.9 Å². The van der Waals surface area contributed by atoms with Crippen molar-refractivity contribution in [1.82, 2.24) is 10.7 Å². The Labute approximate surface area is 233 Å². The maximum atomic E-state index is 12.5. The standard InChI is InChI=1S/C28H32N4O7S/c1-20(22-8-6-5-7-9-22)30-28(34)19-39-23-12-10-21(11-13-23)17-29-31-27(33)18-32(40(4,35)36)25-15-14-24(37-2)16-26(25)38-3/h5-17,20H,18-19H2,1-4H3,(H,30,34)(H,31,33)/b29-17+. The van der Waals surface area contributed by atoms with Gasteiger partial charge in [-0.15, -0.1) is 0 Å². The van der Waals surface area contributed by atoms with Crippen LogP contribution < -0.4 is 29.3 Å². The van der Waals surface area contributed by atoms with Crippen LogP contribution in [0.4, 0.5) is 5.69 Å². The normalized spacial score (nSPS) is 11.9. The summed E-state index contributed by atoms with van der Waals surface area (Å²) in [5, 5.41) is 6.79. The molecule has 3 rings (SSSR count). The minimum atomic E-state index is -3.82. The molecule has 2 amide bonds. The number of rotatable bonds is 13. The number of hydrogen-bond donors (Lipinski definition) is 2. The van der Waals surface area contributed by atoms with Crippen molar-refractivity contribution >= 4 is 33.7 Å². The van der Waals surface area contributed by atoms with Crippen LogP contribution in [0.2, 0.25) is 0 Å². The Morgan fingerprint density at radius 2 is 1.62 bits per heavy atom. The van der Waals surface area contributed by atoms with Crippen LogP contribution in [-0.4, -0.2) is 60.1 Å². The van der Waals surface area contributed by atoms with E-state index in [0.29, 0.717) is 17.1 Å². The first-order valence-corrected chi connectivity index (χ1v) is 14.0. The Balaban J connectivity index is 1.52. The second-order valence-corrected chi connectivity index (χ2v) is 10.6. The highest BCUT2D eigenvalue weighted by molar-refractivity contribution is 7.92. The molecule has 12 heteroatoms. The third kappa shape index (κ3) is 8.73. The molecule has 0 spiro atoms. The van der Waals surface area contributed by atoms with Crippen LogP contribution in [0.3, 0.4) is 0 Å². The molecule has 11 nitrogen and oxygen atoms in total. The topological polar surface area (TPSA) is 136 Å². The van der Waals surface area contributed by atoms with Gasteiger partial charge in [0.05, 0.1) is 38.4 Å². The van der Waals surface area contributed by atoms with Crippen molar-refractivity contribution in [1.29, 1.82) is 0 Å². The number of amides is 2. The SMILES string of the molecule is COc1ccc(N(CC(=O)N/N=C/c2ccc(OCC(=O)NC(C)c3ccccc3)cc2)S(C)(=O)=O)c(OC)c1. The molecule has 1 atom stereocenters. The molecule has 2 N–H and O–H groups in total. The summed E-state index contributed by atoms with van der Waals surface area (Å²) in [4.78, 5) is 24.7. The van der Waals surface area contributed by atoms with E-state index in [2.05, 4.69) is 15.8 Å². The average Bonchev–Trinajstić information content (AvgIpc) is 2.95. The molecule has 1 unspecified atom stereocenters. The van der Waals surface area contributed by atoms with Gasteiger partial charge in [0.2, 0.25) is 10.0 Å². The third-order valence-electron chi connectivity index (χ3n) is 5.67. The van der Waals surface area contributed by atoms with E-state index in [1.165, 1.54) is 32.6 Å². The first kappa shape index (κ1) is 30.0. The number of carbonyl (C=O) groups excluding carboxylic acids is 2. The van der Waals surface area contributed by atoms with E-state index in [1.54, 1.807) is 30.3 Å². The van der Waals surface area contributed by atoms with Crippen molar-refractivity contribution < 1.29 is 32.2 Å². The maximum absolute atomic E-state index is 12.5. The number of benzene rings is 3. The molecule has 0 saturated carbocycles. The molecule has 0 aliphatic heterocycles. The molecule has 3 aromatic rings. The summed E-state index contributed by atoms with van der Waals surface area (Å²) in [5.41, 5.74) is 4.15. The Hall–Kier alpha value is -4.58. The van der Waals surface area contributed by atoms with Gasteiger partial charge < -0.3 is 19.5 Å². The molecule has 0 radical (unpaired) electrons. The summed E-state index contributed by atoms with van der Waals surface area (Å²) in [7, 11) is -0.959. The number of sulfonamides is 1. The van der Waals surface area contributed by atoms with Crippen LogP contribution in [0.5, 0.6) is 17.2 Å². The Kier molecular flexibility index (Phi) is 10.5. The van der Waals surface area contributed by atoms with E-state index in [9.17, 15) is 18.0 Å². The fourth-order valence-electron chi connectivity index (χ4n) is 3.62. The predicted molar refractivity (Wildman–Crippen MR) is 152 cm³/mol. The Morgan fingerprint density at radius 3 is 2.25 bits per heavy atom. The van der Waals surface area contributed by atoms with Gasteiger partial charge in [-0.2, -0.15) is 5.10 Å². The smallest absolute Gasteiger partial charge is 0.260 e. The molecule has 0 aromatic heterocycles. The second-order valence-electron chi connectivity index (χ2n) is 8.66. The minimum absolute atomic E-state index is 0.142. The largest absolute Gasteiger partial charge is 0.497 e. The molecule has 3 aromatic carbocycles. The zero-order valence-electron chi connectivity index (χ0n) is 22.7. The Bertz CT molecular complexity index is 1430. The van der Waals surface area contributed by atoms with Crippen molar-refractivity contribution in [3.05, 3.63) is 83.9 Å². The van der Waals surface area contributed by atoms with E-state index in [1.807, 2.05) is 37.3 Å². The maximum Gasteiger partial charge on any atom is 0.260 e. The summed E-state index contributed by atoms with van der Waals surface area (Å²) < 4.78 is 41.7. The number of carbonyl (C=O) groups is 2. The lowest BCUT2D eigenvalue weighted by atomic mass is 10.1. The number of methoxy groups -OCH3 is 2. The van der Waals surface area contributed by atoms with E-state index in [4.69, 9.17) is 14.2 Å². The predicted octanol–water partition coefficient (Wildman–Crippen LogP) is 2.88. The minimum Gasteiger partial charge on any atom is -0.497 e. The highest BCUT2D eigenvalue weighted by Crippen LogP contribution is 2.33. The van der Waals surface area contributed by atoms with Crippen LogP contribution in [0, 0.1) is 0 Å². The number of hydrazone groups is 1. The quantitative estimate of drug-likeness (QED) is 0.239. The summed E-state index contributed by atoms with van der Waals surface area (Å²) in [6.45, 7) is 1.24. The first-order valence-electron chi connectivity index (χ1n) is 12.2. The van der Waals surface area contributed by atoms with Crippen molar-refractivity contribution in [3.8, 4) is 17.2 Å². The lowest BCUT2D eigenvalue weighted by Crippen LogP contribution is -2.39. The van der Waals surface area contributed by atoms with Crippen LogP contribution >= 0.6 is 0 Å². The Morgan fingerprint density at radius 1 is 0.950 bits per heavy atom. The van der Waals surface area contributed by atoms with Gasteiger partial charge in [-0.25, -0.2) is 13.8 Å². The van der Waals surface area contributed by atoms with E-state index < -0.39 is 22.5 Å². The van der Waals surface area contributed by atoms with Gasteiger partial charge in [0.15, 0.2) is 6.61 Å². The summed E-state index contributed by atoms with van der Waals surface area (Å²) in [5.74, 6) is 0.281. The van der Waals surface area contributed by atoms with E-state index in [0.717, 1.165) is 16.1 Å². The first-order chi connectivity index (χ1) is 19.1. The van der Waals surface area contributed by atoms with Gasteiger partial charge in [0.25, 0.3) is 11.8 Å².